The van der Waals surface area contributed by atoms with Gasteiger partial charge in [0.05, 0.1) is 0 Å². The van der Waals surface area contributed by atoms with Crippen LogP contribution in [0.2, 0.25) is 0 Å². The van der Waals surface area contributed by atoms with Crippen molar-refractivity contribution in [3.63, 3.8) is 0 Å². The summed E-state index contributed by atoms with van der Waals surface area (Å²) in [5.41, 5.74) is 7.35. The highest BCUT2D eigenvalue weighted by molar-refractivity contribution is 5.91. The smallest absolute Gasteiger partial charge is 0.246 e. The average molecular weight is 244 g/mol. The Bertz CT molecular complexity index is 467. The molecule has 1 fully saturated rings. The first-order valence-corrected chi connectivity index (χ1v) is 6.35. The van der Waals surface area contributed by atoms with E-state index in [0.717, 1.165) is 18.0 Å². The Balaban J connectivity index is 1.89. The van der Waals surface area contributed by atoms with Gasteiger partial charge >= 0.3 is 0 Å². The minimum Gasteiger partial charge on any atom is -0.399 e. The van der Waals surface area contributed by atoms with Crippen molar-refractivity contribution in [3.8, 4) is 0 Å². The van der Waals surface area contributed by atoms with E-state index in [4.69, 9.17) is 5.73 Å². The van der Waals surface area contributed by atoms with Gasteiger partial charge in [0.25, 0.3) is 0 Å². The summed E-state index contributed by atoms with van der Waals surface area (Å²) >= 11 is 0. The molecule has 0 saturated heterocycles. The summed E-state index contributed by atoms with van der Waals surface area (Å²) in [5, 5.41) is 0. The van der Waals surface area contributed by atoms with Crippen LogP contribution in [0.4, 0.5) is 5.69 Å². The fraction of sp³-hybridized carbons (Fsp3) is 0.400. The van der Waals surface area contributed by atoms with Gasteiger partial charge in [0.2, 0.25) is 5.91 Å². The quantitative estimate of drug-likeness (QED) is 0.653. The molecular formula is C15H20N2O. The van der Waals surface area contributed by atoms with Gasteiger partial charge in [-0.3, -0.25) is 4.79 Å². The van der Waals surface area contributed by atoms with Crippen LogP contribution in [-0.2, 0) is 4.79 Å². The molecule has 1 aromatic carbocycles. The number of likely N-dealkylation sites (N-methyl/N-ethyl adjacent to an activating group) is 1. The molecule has 0 aliphatic heterocycles. The van der Waals surface area contributed by atoms with Gasteiger partial charge in [0.1, 0.15) is 0 Å². The number of benzene rings is 1. The lowest BCUT2D eigenvalue weighted by Crippen LogP contribution is -2.27. The summed E-state index contributed by atoms with van der Waals surface area (Å²) in [4.78, 5) is 13.7. The maximum Gasteiger partial charge on any atom is 0.246 e. The summed E-state index contributed by atoms with van der Waals surface area (Å²) < 4.78 is 0. The van der Waals surface area contributed by atoms with Crippen LogP contribution in [0.25, 0.3) is 6.08 Å². The Morgan fingerprint density at radius 1 is 1.56 bits per heavy atom. The predicted molar refractivity (Wildman–Crippen MR) is 74.8 cm³/mol. The van der Waals surface area contributed by atoms with Crippen LogP contribution in [0, 0.1) is 11.8 Å². The normalized spacial score (nSPS) is 22.1. The van der Waals surface area contributed by atoms with E-state index in [1.54, 1.807) is 11.0 Å². The van der Waals surface area contributed by atoms with Crippen LogP contribution in [0.1, 0.15) is 18.9 Å². The number of hydrogen-bond donors (Lipinski definition) is 1. The second kappa shape index (κ2) is 5.25. The zero-order chi connectivity index (χ0) is 13.1. The Hall–Kier alpha value is -1.77. The molecule has 2 N–H and O–H groups in total. The van der Waals surface area contributed by atoms with E-state index in [1.807, 2.05) is 37.4 Å². The summed E-state index contributed by atoms with van der Waals surface area (Å²) in [5.74, 6) is 1.52. The third kappa shape index (κ3) is 3.36. The summed E-state index contributed by atoms with van der Waals surface area (Å²) in [6, 6.07) is 7.50. The second-order valence-corrected chi connectivity index (χ2v) is 5.20. The molecule has 2 rings (SSSR count). The zero-order valence-electron chi connectivity index (χ0n) is 11.0. The summed E-state index contributed by atoms with van der Waals surface area (Å²) in [7, 11) is 1.86. The average Bonchev–Trinajstić information content (AvgIpc) is 3.02. The number of rotatable bonds is 4. The van der Waals surface area contributed by atoms with E-state index in [-0.39, 0.29) is 5.91 Å². The number of hydrogen-bond acceptors (Lipinski definition) is 2. The van der Waals surface area contributed by atoms with Crippen molar-refractivity contribution in [2.75, 3.05) is 19.3 Å². The van der Waals surface area contributed by atoms with Crippen molar-refractivity contribution in [3.05, 3.63) is 35.9 Å². The molecule has 3 heteroatoms. The Labute approximate surface area is 108 Å². The van der Waals surface area contributed by atoms with Crippen LogP contribution in [0.3, 0.4) is 0 Å². The molecule has 0 spiro atoms. The summed E-state index contributed by atoms with van der Waals surface area (Å²) in [6.07, 6.45) is 4.67. The monoisotopic (exact) mass is 244 g/mol. The highest BCUT2D eigenvalue weighted by Crippen LogP contribution is 2.37. The highest BCUT2D eigenvalue weighted by Gasteiger charge is 2.33. The van der Waals surface area contributed by atoms with Crippen molar-refractivity contribution < 1.29 is 4.79 Å². The lowest BCUT2D eigenvalue weighted by atomic mass is 10.2. The van der Waals surface area contributed by atoms with Gasteiger partial charge in [-0.2, -0.15) is 0 Å². The van der Waals surface area contributed by atoms with Crippen LogP contribution in [0.5, 0.6) is 0 Å². The van der Waals surface area contributed by atoms with Crippen molar-refractivity contribution in [2.24, 2.45) is 11.8 Å². The molecule has 1 aromatic rings. The van der Waals surface area contributed by atoms with Gasteiger partial charge in [-0.1, -0.05) is 19.1 Å². The van der Waals surface area contributed by atoms with Gasteiger partial charge in [0.15, 0.2) is 0 Å². The van der Waals surface area contributed by atoms with E-state index in [1.165, 1.54) is 6.42 Å². The molecule has 0 heterocycles. The number of nitrogens with two attached hydrogens (primary N) is 1. The van der Waals surface area contributed by atoms with E-state index < -0.39 is 0 Å². The molecule has 0 bridgehead atoms. The molecule has 96 valence electrons. The van der Waals surface area contributed by atoms with Crippen molar-refractivity contribution in [2.45, 2.75) is 13.3 Å². The molecule has 2 unspecified atom stereocenters. The molecule has 0 radical (unpaired) electrons. The highest BCUT2D eigenvalue weighted by atomic mass is 16.2. The minimum absolute atomic E-state index is 0.0523. The number of nitrogen functional groups attached to an aromatic ring is 1. The Morgan fingerprint density at radius 3 is 2.89 bits per heavy atom. The van der Waals surface area contributed by atoms with Crippen LogP contribution in [-0.4, -0.2) is 24.4 Å². The lowest BCUT2D eigenvalue weighted by molar-refractivity contribution is -0.124. The number of anilines is 1. The molecule has 0 aromatic heterocycles. The van der Waals surface area contributed by atoms with Crippen molar-refractivity contribution in [1.82, 2.24) is 4.90 Å². The van der Waals surface area contributed by atoms with Crippen LogP contribution in [0.15, 0.2) is 30.3 Å². The third-order valence-electron chi connectivity index (χ3n) is 3.49. The van der Waals surface area contributed by atoms with Gasteiger partial charge in [-0.05, 0) is 42.0 Å². The SMILES string of the molecule is CC1CC1CN(C)C(=O)/C=C/c1cccc(N)c1. The Morgan fingerprint density at radius 2 is 2.28 bits per heavy atom. The molecule has 2 atom stereocenters. The molecule has 1 amide bonds. The number of carbonyl (C=O) groups is 1. The molecule has 18 heavy (non-hydrogen) atoms. The fourth-order valence-corrected chi connectivity index (χ4v) is 2.05. The molecular weight excluding hydrogens is 224 g/mol. The Kier molecular flexibility index (Phi) is 3.70. The predicted octanol–water partition coefficient (Wildman–Crippen LogP) is 2.40. The van der Waals surface area contributed by atoms with Crippen molar-refractivity contribution >= 4 is 17.7 Å². The molecule has 1 aliphatic rings. The van der Waals surface area contributed by atoms with E-state index in [9.17, 15) is 4.79 Å². The van der Waals surface area contributed by atoms with Crippen LogP contribution >= 0.6 is 0 Å². The minimum atomic E-state index is 0.0523. The topological polar surface area (TPSA) is 46.3 Å². The van der Waals surface area contributed by atoms with Gasteiger partial charge in [-0.25, -0.2) is 0 Å². The van der Waals surface area contributed by atoms with E-state index >= 15 is 0 Å². The second-order valence-electron chi connectivity index (χ2n) is 5.20. The number of carbonyl (C=O) groups excluding carboxylic acids is 1. The van der Waals surface area contributed by atoms with Crippen LogP contribution < -0.4 is 5.73 Å². The van der Waals surface area contributed by atoms with E-state index in [2.05, 4.69) is 6.92 Å². The molecule has 1 saturated carbocycles. The largest absolute Gasteiger partial charge is 0.399 e. The number of nitrogens with zero attached hydrogens (tertiary/aromatic N) is 1. The van der Waals surface area contributed by atoms with Gasteiger partial charge in [-0.15, -0.1) is 0 Å². The maximum absolute atomic E-state index is 11.9. The fourth-order valence-electron chi connectivity index (χ4n) is 2.05. The first kappa shape index (κ1) is 12.7. The molecule has 3 nitrogen and oxygen atoms in total. The summed E-state index contributed by atoms with van der Waals surface area (Å²) in [6.45, 7) is 3.09. The third-order valence-corrected chi connectivity index (χ3v) is 3.49. The van der Waals surface area contributed by atoms with Gasteiger partial charge < -0.3 is 10.6 Å². The first-order valence-electron chi connectivity index (χ1n) is 6.35. The standard InChI is InChI=1S/C15H20N2O/c1-11-8-13(11)10-17(2)15(18)7-6-12-4-3-5-14(16)9-12/h3-7,9,11,13H,8,10,16H2,1-2H3/b7-6+. The van der Waals surface area contributed by atoms with Gasteiger partial charge in [0, 0.05) is 25.4 Å². The molecule has 1 aliphatic carbocycles. The maximum atomic E-state index is 11.9. The zero-order valence-corrected chi connectivity index (χ0v) is 11.0. The lowest BCUT2D eigenvalue weighted by Gasteiger charge is -2.14. The first-order chi connectivity index (χ1) is 8.56. The van der Waals surface area contributed by atoms with Crippen molar-refractivity contribution in [1.29, 1.82) is 0 Å². The van der Waals surface area contributed by atoms with E-state index in [0.29, 0.717) is 11.6 Å². The number of amides is 1.